The molecule has 2 heterocycles. The second kappa shape index (κ2) is 8.84. The molecule has 0 unspecified atom stereocenters. The Balaban J connectivity index is 1.27. The minimum atomic E-state index is 0.616. The van der Waals surface area contributed by atoms with Gasteiger partial charge in [-0.15, -0.1) is 0 Å². The van der Waals surface area contributed by atoms with E-state index in [1.54, 1.807) is 0 Å². The molecule has 0 fully saturated rings. The summed E-state index contributed by atoms with van der Waals surface area (Å²) in [7, 11) is 2.05. The first-order chi connectivity index (χ1) is 14.2. The zero-order valence-corrected chi connectivity index (χ0v) is 16.7. The molecule has 0 aliphatic carbocycles. The first kappa shape index (κ1) is 19.1. The normalized spacial score (nSPS) is 11.3. The number of benzene rings is 2. The lowest BCUT2D eigenvalue weighted by molar-refractivity contribution is 0.261. The molecule has 29 heavy (non-hydrogen) atoms. The molecule has 4 aromatic rings. The molecule has 148 valence electrons. The molecule has 0 spiro atoms. The van der Waals surface area contributed by atoms with Crippen molar-refractivity contribution in [2.45, 2.75) is 26.3 Å². The molecule has 2 aromatic carbocycles. The van der Waals surface area contributed by atoms with Gasteiger partial charge in [0.2, 0.25) is 11.7 Å². The maximum atomic E-state index is 5.47. The summed E-state index contributed by atoms with van der Waals surface area (Å²) < 4.78 is 10.9. The lowest BCUT2D eigenvalue weighted by Crippen LogP contribution is -2.19. The topological polar surface area (TPSA) is 68.2 Å². The highest BCUT2D eigenvalue weighted by molar-refractivity contribution is 5.58. The second-order valence-electron chi connectivity index (χ2n) is 7.27. The van der Waals surface area contributed by atoms with Gasteiger partial charge in [0, 0.05) is 23.6 Å². The van der Waals surface area contributed by atoms with Crippen molar-refractivity contribution in [1.29, 1.82) is 0 Å². The Labute approximate surface area is 170 Å². The van der Waals surface area contributed by atoms with E-state index in [2.05, 4.69) is 39.3 Å². The van der Waals surface area contributed by atoms with E-state index in [9.17, 15) is 0 Å². The molecule has 0 amide bonds. The fraction of sp³-hybridized carbons (Fsp3) is 0.261. The molecule has 0 bridgehead atoms. The summed E-state index contributed by atoms with van der Waals surface area (Å²) in [6.45, 7) is 3.56. The van der Waals surface area contributed by atoms with Gasteiger partial charge in [0.05, 0.1) is 6.54 Å². The van der Waals surface area contributed by atoms with E-state index in [-0.39, 0.29) is 0 Å². The lowest BCUT2D eigenvalue weighted by atomic mass is 10.1. The maximum absolute atomic E-state index is 5.47. The van der Waals surface area contributed by atoms with Crippen LogP contribution in [0.2, 0.25) is 0 Å². The van der Waals surface area contributed by atoms with Crippen LogP contribution in [0.4, 0.5) is 0 Å². The van der Waals surface area contributed by atoms with Crippen LogP contribution in [0.1, 0.15) is 23.6 Å². The van der Waals surface area contributed by atoms with E-state index in [4.69, 9.17) is 9.05 Å². The predicted molar refractivity (Wildman–Crippen MR) is 111 cm³/mol. The summed E-state index contributed by atoms with van der Waals surface area (Å²) in [5.74, 6) is 2.15. The SMILES string of the molecule is Cc1cccc(-c2noc(CN(C)CCCc3cc(-c4ccccc4)no3)n2)c1. The minimum Gasteiger partial charge on any atom is -0.361 e. The van der Waals surface area contributed by atoms with E-state index in [1.807, 2.05) is 55.6 Å². The molecule has 0 radical (unpaired) electrons. The number of rotatable bonds is 8. The first-order valence-corrected chi connectivity index (χ1v) is 9.76. The summed E-state index contributed by atoms with van der Waals surface area (Å²) in [5.41, 5.74) is 4.10. The van der Waals surface area contributed by atoms with Crippen LogP contribution in [0.15, 0.2) is 69.7 Å². The van der Waals surface area contributed by atoms with E-state index in [0.717, 1.165) is 42.0 Å². The molecule has 0 aliphatic heterocycles. The Morgan fingerprint density at radius 1 is 0.897 bits per heavy atom. The first-order valence-electron chi connectivity index (χ1n) is 9.76. The third kappa shape index (κ3) is 4.97. The minimum absolute atomic E-state index is 0.616. The summed E-state index contributed by atoms with van der Waals surface area (Å²) in [4.78, 5) is 6.69. The molecular formula is C23H24N4O2. The lowest BCUT2D eigenvalue weighted by Gasteiger charge is -2.12. The number of aromatic nitrogens is 3. The zero-order valence-electron chi connectivity index (χ0n) is 16.7. The van der Waals surface area contributed by atoms with Crippen LogP contribution in [0, 0.1) is 6.92 Å². The second-order valence-corrected chi connectivity index (χ2v) is 7.27. The van der Waals surface area contributed by atoms with E-state index >= 15 is 0 Å². The molecular weight excluding hydrogens is 364 g/mol. The average Bonchev–Trinajstić information content (AvgIpc) is 3.39. The molecule has 0 atom stereocenters. The zero-order chi connectivity index (χ0) is 20.1. The third-order valence-corrected chi connectivity index (χ3v) is 4.74. The highest BCUT2D eigenvalue weighted by Gasteiger charge is 2.12. The third-order valence-electron chi connectivity index (χ3n) is 4.74. The Kier molecular flexibility index (Phi) is 5.81. The number of hydrogen-bond acceptors (Lipinski definition) is 6. The molecule has 6 heteroatoms. The fourth-order valence-corrected chi connectivity index (χ4v) is 3.23. The van der Waals surface area contributed by atoms with Crippen molar-refractivity contribution in [3.63, 3.8) is 0 Å². The number of hydrogen-bond donors (Lipinski definition) is 0. The standard InChI is InChI=1S/C23H24N4O2/c1-17-8-6-11-19(14-17)23-24-22(29-26-23)16-27(2)13-7-12-20-15-21(25-28-20)18-9-4-3-5-10-18/h3-6,8-11,14-15H,7,12-13,16H2,1-2H3. The Morgan fingerprint density at radius 3 is 2.55 bits per heavy atom. The highest BCUT2D eigenvalue weighted by Crippen LogP contribution is 2.20. The Bertz CT molecular complexity index is 1060. The molecule has 2 aromatic heterocycles. The van der Waals surface area contributed by atoms with Gasteiger partial charge in [-0.3, -0.25) is 4.90 Å². The van der Waals surface area contributed by atoms with Gasteiger partial charge in [0.1, 0.15) is 11.5 Å². The molecule has 0 N–H and O–H groups in total. The largest absolute Gasteiger partial charge is 0.361 e. The monoisotopic (exact) mass is 388 g/mol. The summed E-state index contributed by atoms with van der Waals surface area (Å²) in [5, 5.41) is 8.27. The van der Waals surface area contributed by atoms with Crippen LogP contribution in [0.5, 0.6) is 0 Å². The van der Waals surface area contributed by atoms with Crippen molar-refractivity contribution >= 4 is 0 Å². The maximum Gasteiger partial charge on any atom is 0.241 e. The van der Waals surface area contributed by atoms with Gasteiger partial charge in [-0.05, 0) is 33.0 Å². The van der Waals surface area contributed by atoms with Gasteiger partial charge in [-0.25, -0.2) is 0 Å². The number of nitrogens with zero attached hydrogens (tertiary/aromatic N) is 4. The van der Waals surface area contributed by atoms with Gasteiger partial charge in [-0.1, -0.05) is 64.4 Å². The van der Waals surface area contributed by atoms with Crippen molar-refractivity contribution < 1.29 is 9.05 Å². The van der Waals surface area contributed by atoms with Gasteiger partial charge in [0.25, 0.3) is 0 Å². The van der Waals surface area contributed by atoms with E-state index < -0.39 is 0 Å². The summed E-state index contributed by atoms with van der Waals surface area (Å²) in [6.07, 6.45) is 1.79. The highest BCUT2D eigenvalue weighted by atomic mass is 16.5. The average molecular weight is 388 g/mol. The van der Waals surface area contributed by atoms with Gasteiger partial charge in [-0.2, -0.15) is 4.98 Å². The van der Waals surface area contributed by atoms with Gasteiger partial charge < -0.3 is 9.05 Å². The molecule has 0 saturated carbocycles. The molecule has 6 nitrogen and oxygen atoms in total. The Hall–Kier alpha value is -3.25. The van der Waals surface area contributed by atoms with Crippen molar-refractivity contribution in [2.75, 3.05) is 13.6 Å². The smallest absolute Gasteiger partial charge is 0.241 e. The summed E-state index contributed by atoms with van der Waals surface area (Å²) in [6, 6.07) is 20.2. The van der Waals surface area contributed by atoms with Gasteiger partial charge >= 0.3 is 0 Å². The van der Waals surface area contributed by atoms with E-state index in [0.29, 0.717) is 18.3 Å². The van der Waals surface area contributed by atoms with Crippen LogP contribution in [0.25, 0.3) is 22.6 Å². The van der Waals surface area contributed by atoms with Crippen LogP contribution in [-0.4, -0.2) is 33.8 Å². The molecule has 4 rings (SSSR count). The number of aryl methyl sites for hydroxylation is 2. The van der Waals surface area contributed by atoms with Crippen LogP contribution < -0.4 is 0 Å². The fourth-order valence-electron chi connectivity index (χ4n) is 3.23. The van der Waals surface area contributed by atoms with Gasteiger partial charge in [0.15, 0.2) is 0 Å². The summed E-state index contributed by atoms with van der Waals surface area (Å²) >= 11 is 0. The van der Waals surface area contributed by atoms with Crippen LogP contribution >= 0.6 is 0 Å². The van der Waals surface area contributed by atoms with Crippen LogP contribution in [0.3, 0.4) is 0 Å². The Morgan fingerprint density at radius 2 is 1.72 bits per heavy atom. The predicted octanol–water partition coefficient (Wildman–Crippen LogP) is 4.76. The quantitative estimate of drug-likeness (QED) is 0.433. The van der Waals surface area contributed by atoms with Crippen molar-refractivity contribution in [2.24, 2.45) is 0 Å². The molecule has 0 saturated heterocycles. The van der Waals surface area contributed by atoms with Crippen molar-refractivity contribution in [3.05, 3.63) is 77.9 Å². The van der Waals surface area contributed by atoms with Crippen LogP contribution in [-0.2, 0) is 13.0 Å². The van der Waals surface area contributed by atoms with Crippen molar-refractivity contribution in [3.8, 4) is 22.6 Å². The van der Waals surface area contributed by atoms with E-state index in [1.165, 1.54) is 5.56 Å². The van der Waals surface area contributed by atoms with Crippen molar-refractivity contribution in [1.82, 2.24) is 20.2 Å². The molecule has 0 aliphatic rings.